The fourth-order valence-corrected chi connectivity index (χ4v) is 4.94. The van der Waals surface area contributed by atoms with Gasteiger partial charge in [0.15, 0.2) is 0 Å². The lowest BCUT2D eigenvalue weighted by molar-refractivity contribution is 1.01. The molecule has 0 aliphatic heterocycles. The zero-order valence-corrected chi connectivity index (χ0v) is 17.8. The van der Waals surface area contributed by atoms with Crippen LogP contribution in [0.5, 0.6) is 0 Å². The predicted molar refractivity (Wildman–Crippen MR) is 137 cm³/mol. The fraction of sp³-hybridized carbons (Fsp3) is 0. The van der Waals surface area contributed by atoms with Crippen molar-refractivity contribution in [2.24, 2.45) is 0 Å². The molecule has 0 bridgehead atoms. The van der Waals surface area contributed by atoms with Crippen LogP contribution in [-0.4, -0.2) is 14.5 Å². The van der Waals surface area contributed by atoms with Gasteiger partial charge in [-0.15, -0.1) is 0 Å². The Morgan fingerprint density at radius 1 is 0.485 bits per heavy atom. The number of para-hydroxylation sites is 2. The highest BCUT2D eigenvalue weighted by molar-refractivity contribution is 6.21. The largest absolute Gasteiger partial charge is 0.278 e. The molecule has 0 aliphatic rings. The number of nitrogens with zero attached hydrogens (tertiary/aromatic N) is 3. The molecule has 0 atom stereocenters. The van der Waals surface area contributed by atoms with Crippen molar-refractivity contribution in [1.82, 2.24) is 14.5 Å². The van der Waals surface area contributed by atoms with Gasteiger partial charge in [0, 0.05) is 21.7 Å². The van der Waals surface area contributed by atoms with E-state index in [4.69, 9.17) is 9.97 Å². The van der Waals surface area contributed by atoms with E-state index in [1.54, 1.807) is 0 Å². The summed E-state index contributed by atoms with van der Waals surface area (Å²) in [5.74, 6) is 0.689. The molecule has 0 unspecified atom stereocenters. The standard InChI is InChI=1S/C30H19N3/c1-2-11-21(12-3-1)29-23-14-6-8-16-25(23)31-30(32-29)33-26-17-9-7-15-24(26)28-22-13-5-4-10-20(22)18-19-27(28)33/h1-19H. The quantitative estimate of drug-likeness (QED) is 0.289. The van der Waals surface area contributed by atoms with Crippen molar-refractivity contribution in [2.45, 2.75) is 0 Å². The summed E-state index contributed by atoms with van der Waals surface area (Å²) in [6.07, 6.45) is 0. The van der Waals surface area contributed by atoms with Crippen LogP contribution < -0.4 is 0 Å². The van der Waals surface area contributed by atoms with Gasteiger partial charge in [0.25, 0.3) is 0 Å². The van der Waals surface area contributed by atoms with Crippen LogP contribution in [0.3, 0.4) is 0 Å². The van der Waals surface area contributed by atoms with Crippen molar-refractivity contribution in [3.63, 3.8) is 0 Å². The van der Waals surface area contributed by atoms with E-state index in [0.29, 0.717) is 5.95 Å². The molecule has 2 aromatic heterocycles. The predicted octanol–water partition coefficient (Wildman–Crippen LogP) is 7.55. The molecule has 0 saturated heterocycles. The third-order valence-electron chi connectivity index (χ3n) is 6.40. The summed E-state index contributed by atoms with van der Waals surface area (Å²) in [5.41, 5.74) is 5.20. The van der Waals surface area contributed by atoms with Crippen LogP contribution in [0.4, 0.5) is 0 Å². The van der Waals surface area contributed by atoms with Gasteiger partial charge < -0.3 is 0 Å². The summed E-state index contributed by atoms with van der Waals surface area (Å²) in [4.78, 5) is 10.2. The van der Waals surface area contributed by atoms with Crippen molar-refractivity contribution in [1.29, 1.82) is 0 Å². The Morgan fingerprint density at radius 3 is 2.06 bits per heavy atom. The molecule has 3 nitrogen and oxygen atoms in total. The van der Waals surface area contributed by atoms with Gasteiger partial charge in [-0.1, -0.05) is 97.1 Å². The summed E-state index contributed by atoms with van der Waals surface area (Å²) in [7, 11) is 0. The minimum Gasteiger partial charge on any atom is -0.278 e. The third-order valence-corrected chi connectivity index (χ3v) is 6.40. The topological polar surface area (TPSA) is 30.7 Å². The molecule has 0 spiro atoms. The monoisotopic (exact) mass is 421 g/mol. The van der Waals surface area contributed by atoms with Crippen LogP contribution in [0.25, 0.3) is 60.7 Å². The van der Waals surface area contributed by atoms with Crippen molar-refractivity contribution in [3.8, 4) is 17.2 Å². The number of aromatic nitrogens is 3. The fourth-order valence-electron chi connectivity index (χ4n) is 4.94. The molecule has 3 heteroatoms. The molecule has 0 radical (unpaired) electrons. The Bertz CT molecular complexity index is 1810. The highest BCUT2D eigenvalue weighted by atomic mass is 15.2. The Kier molecular flexibility index (Phi) is 3.84. The first-order valence-electron chi connectivity index (χ1n) is 11.1. The lowest BCUT2D eigenvalue weighted by Crippen LogP contribution is -2.03. The maximum atomic E-state index is 5.15. The number of rotatable bonds is 2. The molecule has 0 amide bonds. The molecule has 7 aromatic rings. The molecule has 0 fully saturated rings. The number of hydrogen-bond acceptors (Lipinski definition) is 2. The summed E-state index contributed by atoms with van der Waals surface area (Å²) in [5, 5.41) is 5.98. The Hall–Kier alpha value is -4.50. The highest BCUT2D eigenvalue weighted by Crippen LogP contribution is 2.37. The zero-order valence-electron chi connectivity index (χ0n) is 17.8. The van der Waals surface area contributed by atoms with Crippen LogP contribution in [0.1, 0.15) is 0 Å². The molecule has 0 N–H and O–H groups in total. The minimum atomic E-state index is 0.689. The number of hydrogen-bond donors (Lipinski definition) is 0. The Labute approximate surface area is 190 Å². The Morgan fingerprint density at radius 2 is 1.18 bits per heavy atom. The van der Waals surface area contributed by atoms with Gasteiger partial charge in [-0.25, -0.2) is 9.97 Å². The van der Waals surface area contributed by atoms with Crippen LogP contribution in [0.2, 0.25) is 0 Å². The van der Waals surface area contributed by atoms with E-state index >= 15 is 0 Å². The lowest BCUT2D eigenvalue weighted by Gasteiger charge is -2.11. The molecule has 154 valence electrons. The second-order valence-electron chi connectivity index (χ2n) is 8.29. The van der Waals surface area contributed by atoms with Crippen molar-refractivity contribution in [2.75, 3.05) is 0 Å². The minimum absolute atomic E-state index is 0.689. The van der Waals surface area contributed by atoms with E-state index in [0.717, 1.165) is 33.2 Å². The molecule has 0 aliphatic carbocycles. The molecule has 33 heavy (non-hydrogen) atoms. The summed E-state index contributed by atoms with van der Waals surface area (Å²) in [6.45, 7) is 0. The summed E-state index contributed by atoms with van der Waals surface area (Å²) in [6, 6.07) is 40.1. The van der Waals surface area contributed by atoms with Gasteiger partial charge >= 0.3 is 0 Å². The van der Waals surface area contributed by atoms with Gasteiger partial charge in [0.05, 0.1) is 22.2 Å². The van der Waals surface area contributed by atoms with Crippen molar-refractivity contribution in [3.05, 3.63) is 115 Å². The average Bonchev–Trinajstić information content (AvgIpc) is 3.23. The second kappa shape index (κ2) is 7.01. The van der Waals surface area contributed by atoms with Crippen molar-refractivity contribution < 1.29 is 0 Å². The van der Waals surface area contributed by atoms with E-state index in [-0.39, 0.29) is 0 Å². The molecular weight excluding hydrogens is 402 g/mol. The first-order chi connectivity index (χ1) is 16.4. The first kappa shape index (κ1) is 18.1. The van der Waals surface area contributed by atoms with E-state index < -0.39 is 0 Å². The van der Waals surface area contributed by atoms with Gasteiger partial charge in [-0.05, 0) is 29.0 Å². The maximum absolute atomic E-state index is 5.15. The third kappa shape index (κ3) is 2.69. The van der Waals surface area contributed by atoms with Crippen LogP contribution >= 0.6 is 0 Å². The van der Waals surface area contributed by atoms with Crippen LogP contribution in [0, 0.1) is 0 Å². The van der Waals surface area contributed by atoms with Gasteiger partial charge in [-0.3, -0.25) is 4.57 Å². The lowest BCUT2D eigenvalue weighted by atomic mass is 10.0. The SMILES string of the molecule is c1ccc(-c2nc(-n3c4ccccc4c4c5ccccc5ccc43)nc3ccccc23)cc1. The molecule has 5 aromatic carbocycles. The molecular formula is C30H19N3. The Balaban J connectivity index is 1.64. The van der Waals surface area contributed by atoms with E-state index in [1.165, 1.54) is 21.5 Å². The highest BCUT2D eigenvalue weighted by Gasteiger charge is 2.18. The second-order valence-corrected chi connectivity index (χ2v) is 8.29. The van der Waals surface area contributed by atoms with Crippen LogP contribution in [-0.2, 0) is 0 Å². The molecule has 2 heterocycles. The van der Waals surface area contributed by atoms with Crippen LogP contribution in [0.15, 0.2) is 115 Å². The number of fused-ring (bicyclic) bond motifs is 6. The zero-order chi connectivity index (χ0) is 21.8. The summed E-state index contributed by atoms with van der Waals surface area (Å²) < 4.78 is 2.20. The normalized spacial score (nSPS) is 11.6. The molecule has 7 rings (SSSR count). The molecule has 0 saturated carbocycles. The van der Waals surface area contributed by atoms with Gasteiger partial charge in [-0.2, -0.15) is 0 Å². The van der Waals surface area contributed by atoms with E-state index in [1.807, 2.05) is 18.2 Å². The van der Waals surface area contributed by atoms with Gasteiger partial charge in [0.2, 0.25) is 5.95 Å². The van der Waals surface area contributed by atoms with E-state index in [9.17, 15) is 0 Å². The maximum Gasteiger partial charge on any atom is 0.235 e. The number of benzene rings is 5. The summed E-state index contributed by atoms with van der Waals surface area (Å²) >= 11 is 0. The van der Waals surface area contributed by atoms with Crippen molar-refractivity contribution >= 4 is 43.5 Å². The van der Waals surface area contributed by atoms with Gasteiger partial charge in [0.1, 0.15) is 0 Å². The first-order valence-corrected chi connectivity index (χ1v) is 11.1. The van der Waals surface area contributed by atoms with E-state index in [2.05, 4.69) is 102 Å². The average molecular weight is 422 g/mol. The smallest absolute Gasteiger partial charge is 0.235 e.